The van der Waals surface area contributed by atoms with Crippen molar-refractivity contribution in [3.05, 3.63) is 33.6 Å². The highest BCUT2D eigenvalue weighted by Crippen LogP contribution is 2.36. The largest absolute Gasteiger partial charge is 0.367 e. The van der Waals surface area contributed by atoms with Crippen molar-refractivity contribution in [3.63, 3.8) is 0 Å². The van der Waals surface area contributed by atoms with Crippen LogP contribution >= 0.6 is 27.5 Å². The Morgan fingerprint density at radius 1 is 1.40 bits per heavy atom. The summed E-state index contributed by atoms with van der Waals surface area (Å²) < 4.78 is 18.4. The van der Waals surface area contributed by atoms with Crippen molar-refractivity contribution >= 4 is 33.4 Å². The molecule has 0 saturated heterocycles. The number of benzene rings is 1. The molecule has 0 amide bonds. The van der Waals surface area contributed by atoms with Crippen molar-refractivity contribution in [1.82, 2.24) is 5.16 Å². The minimum Gasteiger partial charge on any atom is -0.367 e. The molecule has 3 nitrogen and oxygen atoms in total. The molecule has 6 heteroatoms. The maximum absolute atomic E-state index is 13.4. The van der Waals surface area contributed by atoms with E-state index in [1.807, 2.05) is 0 Å². The number of halogens is 3. The number of nitrogens with zero attached hydrogens (tertiary/aromatic N) is 1. The third-order valence-electron chi connectivity index (χ3n) is 1.92. The summed E-state index contributed by atoms with van der Waals surface area (Å²) in [5, 5.41) is 3.56. The Balaban J connectivity index is 2.65. The van der Waals surface area contributed by atoms with Gasteiger partial charge in [-0.2, -0.15) is 0 Å². The van der Waals surface area contributed by atoms with Gasteiger partial charge in [0.1, 0.15) is 0 Å². The van der Waals surface area contributed by atoms with Crippen LogP contribution in [0, 0.1) is 5.82 Å². The molecule has 1 aromatic heterocycles. The van der Waals surface area contributed by atoms with Crippen molar-refractivity contribution in [2.45, 2.75) is 0 Å². The Hall–Kier alpha value is -1.07. The molecule has 2 N–H and O–H groups in total. The molecule has 1 heterocycles. The third-order valence-corrected chi connectivity index (χ3v) is 2.99. The molecule has 0 radical (unpaired) electrons. The lowest BCUT2D eigenvalue weighted by Gasteiger charge is -2.04. The standard InChI is InChI=1S/C9H5BrClFN2O/c10-7-4(1-2-6(11)8(7)12)5-3-14-15-9(5)13/h1-3H,13H2. The van der Waals surface area contributed by atoms with Crippen LogP contribution < -0.4 is 5.73 Å². The average molecular weight is 292 g/mol. The van der Waals surface area contributed by atoms with Gasteiger partial charge < -0.3 is 10.3 Å². The zero-order valence-corrected chi connectivity index (χ0v) is 9.64. The predicted molar refractivity (Wildman–Crippen MR) is 59.0 cm³/mol. The van der Waals surface area contributed by atoms with E-state index in [0.717, 1.165) is 0 Å². The Bertz CT molecular complexity index is 515. The number of hydrogen-bond acceptors (Lipinski definition) is 3. The summed E-state index contributed by atoms with van der Waals surface area (Å²) in [7, 11) is 0. The Kier molecular flexibility index (Phi) is 2.67. The van der Waals surface area contributed by atoms with E-state index in [0.29, 0.717) is 11.1 Å². The summed E-state index contributed by atoms with van der Waals surface area (Å²) in [6, 6.07) is 3.09. The van der Waals surface area contributed by atoms with Gasteiger partial charge in [0.05, 0.1) is 21.3 Å². The fourth-order valence-electron chi connectivity index (χ4n) is 1.18. The molecule has 0 unspecified atom stereocenters. The zero-order chi connectivity index (χ0) is 11.0. The molecule has 2 aromatic rings. The van der Waals surface area contributed by atoms with Crippen molar-refractivity contribution in [2.24, 2.45) is 0 Å². The molecule has 0 aliphatic rings. The van der Waals surface area contributed by atoms with Crippen molar-refractivity contribution in [3.8, 4) is 11.1 Å². The van der Waals surface area contributed by atoms with E-state index in [1.165, 1.54) is 12.3 Å². The number of anilines is 1. The minimum atomic E-state index is -0.533. The molecule has 78 valence electrons. The first-order valence-electron chi connectivity index (χ1n) is 3.95. The van der Waals surface area contributed by atoms with Gasteiger partial charge >= 0.3 is 0 Å². The highest BCUT2D eigenvalue weighted by molar-refractivity contribution is 9.10. The van der Waals surface area contributed by atoms with Crippen LogP contribution in [0.3, 0.4) is 0 Å². The Morgan fingerprint density at radius 3 is 2.73 bits per heavy atom. The predicted octanol–water partition coefficient (Wildman–Crippen LogP) is 3.48. The number of aromatic nitrogens is 1. The molecule has 0 bridgehead atoms. The van der Waals surface area contributed by atoms with Crippen LogP contribution in [0.5, 0.6) is 0 Å². The molecule has 0 fully saturated rings. The van der Waals surface area contributed by atoms with Crippen LogP contribution in [0.4, 0.5) is 10.3 Å². The summed E-state index contributed by atoms with van der Waals surface area (Å²) >= 11 is 8.71. The summed E-state index contributed by atoms with van der Waals surface area (Å²) in [5.41, 5.74) is 6.60. The first-order valence-corrected chi connectivity index (χ1v) is 5.12. The first kappa shape index (κ1) is 10.4. The molecule has 0 aliphatic carbocycles. The van der Waals surface area contributed by atoms with Gasteiger partial charge in [-0.3, -0.25) is 0 Å². The van der Waals surface area contributed by atoms with Gasteiger partial charge in [0.15, 0.2) is 5.82 Å². The van der Waals surface area contributed by atoms with Crippen LogP contribution in [-0.2, 0) is 0 Å². The number of nitrogens with two attached hydrogens (primary N) is 1. The number of rotatable bonds is 1. The highest BCUT2D eigenvalue weighted by atomic mass is 79.9. The molecular weight excluding hydrogens is 286 g/mol. The quantitative estimate of drug-likeness (QED) is 0.818. The summed E-state index contributed by atoms with van der Waals surface area (Å²) in [5.74, 6) is -0.396. The molecule has 0 atom stereocenters. The van der Waals surface area contributed by atoms with Crippen molar-refractivity contribution < 1.29 is 8.91 Å². The van der Waals surface area contributed by atoms with Gasteiger partial charge in [-0.1, -0.05) is 22.8 Å². The molecule has 15 heavy (non-hydrogen) atoms. The maximum atomic E-state index is 13.4. The Morgan fingerprint density at radius 2 is 2.13 bits per heavy atom. The lowest BCUT2D eigenvalue weighted by Crippen LogP contribution is -1.88. The summed E-state index contributed by atoms with van der Waals surface area (Å²) in [6.45, 7) is 0. The SMILES string of the molecule is Nc1oncc1-c1ccc(Cl)c(F)c1Br. The van der Waals surface area contributed by atoms with Gasteiger partial charge in [0.25, 0.3) is 0 Å². The molecule has 1 aromatic carbocycles. The maximum Gasteiger partial charge on any atom is 0.229 e. The van der Waals surface area contributed by atoms with Gasteiger partial charge in [-0.05, 0) is 22.0 Å². The van der Waals surface area contributed by atoms with E-state index in [2.05, 4.69) is 21.1 Å². The van der Waals surface area contributed by atoms with Crippen LogP contribution in [0.25, 0.3) is 11.1 Å². The number of nitrogen functional groups attached to an aromatic ring is 1. The molecule has 0 saturated carbocycles. The lowest BCUT2D eigenvalue weighted by molar-refractivity contribution is 0.436. The van der Waals surface area contributed by atoms with E-state index >= 15 is 0 Å². The topological polar surface area (TPSA) is 52.0 Å². The normalized spacial score (nSPS) is 10.6. The van der Waals surface area contributed by atoms with Crippen LogP contribution in [0.15, 0.2) is 27.3 Å². The van der Waals surface area contributed by atoms with E-state index in [1.54, 1.807) is 6.07 Å². The molecular formula is C9H5BrClFN2O. The fraction of sp³-hybridized carbons (Fsp3) is 0. The molecule has 2 rings (SSSR count). The van der Waals surface area contributed by atoms with Crippen LogP contribution in [0.2, 0.25) is 5.02 Å². The third kappa shape index (κ3) is 1.72. The van der Waals surface area contributed by atoms with Gasteiger partial charge in [0.2, 0.25) is 5.88 Å². The fourth-order valence-corrected chi connectivity index (χ4v) is 2.02. The van der Waals surface area contributed by atoms with Crippen molar-refractivity contribution in [2.75, 3.05) is 5.73 Å². The molecule has 0 spiro atoms. The smallest absolute Gasteiger partial charge is 0.229 e. The van der Waals surface area contributed by atoms with E-state index < -0.39 is 5.82 Å². The second-order valence-electron chi connectivity index (χ2n) is 2.83. The monoisotopic (exact) mass is 290 g/mol. The summed E-state index contributed by atoms with van der Waals surface area (Å²) in [4.78, 5) is 0. The minimum absolute atomic E-state index is 0.0423. The Labute approximate surface area is 98.1 Å². The van der Waals surface area contributed by atoms with Gasteiger partial charge in [0, 0.05) is 5.56 Å². The second kappa shape index (κ2) is 3.83. The van der Waals surface area contributed by atoms with E-state index in [-0.39, 0.29) is 15.4 Å². The number of hydrogen-bond donors (Lipinski definition) is 1. The second-order valence-corrected chi connectivity index (χ2v) is 4.03. The average Bonchev–Trinajstić information content (AvgIpc) is 2.62. The van der Waals surface area contributed by atoms with Gasteiger partial charge in [-0.15, -0.1) is 0 Å². The van der Waals surface area contributed by atoms with E-state index in [9.17, 15) is 4.39 Å². The zero-order valence-electron chi connectivity index (χ0n) is 7.30. The first-order chi connectivity index (χ1) is 7.11. The lowest BCUT2D eigenvalue weighted by atomic mass is 10.1. The highest BCUT2D eigenvalue weighted by Gasteiger charge is 2.15. The van der Waals surface area contributed by atoms with Crippen LogP contribution in [0.1, 0.15) is 0 Å². The van der Waals surface area contributed by atoms with Crippen LogP contribution in [-0.4, -0.2) is 5.16 Å². The van der Waals surface area contributed by atoms with Crippen molar-refractivity contribution in [1.29, 1.82) is 0 Å². The summed E-state index contributed by atoms with van der Waals surface area (Å²) in [6.07, 6.45) is 1.42. The van der Waals surface area contributed by atoms with Gasteiger partial charge in [-0.25, -0.2) is 4.39 Å². The molecule has 0 aliphatic heterocycles. The van der Waals surface area contributed by atoms with E-state index in [4.69, 9.17) is 21.9 Å².